The van der Waals surface area contributed by atoms with Crippen LogP contribution in [-0.2, 0) is 21.2 Å². The second-order valence-corrected chi connectivity index (χ2v) is 13.1. The van der Waals surface area contributed by atoms with E-state index in [1.165, 1.54) is 0 Å². The van der Waals surface area contributed by atoms with Gasteiger partial charge in [0.05, 0.1) is 12.4 Å². The van der Waals surface area contributed by atoms with E-state index < -0.39 is 10.0 Å². The van der Waals surface area contributed by atoms with Crippen LogP contribution in [0.3, 0.4) is 0 Å². The van der Waals surface area contributed by atoms with Crippen LogP contribution in [0.4, 0.5) is 0 Å². The van der Waals surface area contributed by atoms with Gasteiger partial charge in [-0.2, -0.15) is 4.31 Å². The van der Waals surface area contributed by atoms with Crippen molar-refractivity contribution >= 4 is 15.9 Å². The number of nitrogens with one attached hydrogen (secondary N) is 1. The molecule has 0 bridgehead atoms. The summed E-state index contributed by atoms with van der Waals surface area (Å²) in [7, 11) is -1.73. The fourth-order valence-corrected chi connectivity index (χ4v) is 7.92. The number of hydrogen-bond donors (Lipinski definition) is 1. The number of nitrogens with zero attached hydrogens (tertiary/aromatic N) is 3. The van der Waals surface area contributed by atoms with Gasteiger partial charge in [0, 0.05) is 44.3 Å². The van der Waals surface area contributed by atoms with Crippen LogP contribution in [0.5, 0.6) is 0 Å². The minimum Gasteiger partial charge on any atom is -0.383 e. The smallest absolute Gasteiger partial charge is 0.273 e. The second kappa shape index (κ2) is 12.3. The Kier molecular flexibility index (Phi) is 8.82. The van der Waals surface area contributed by atoms with Gasteiger partial charge in [0.1, 0.15) is 5.76 Å². The first-order valence-electron chi connectivity index (χ1n) is 13.9. The van der Waals surface area contributed by atoms with E-state index in [4.69, 9.17) is 9.26 Å². The number of ether oxygens (including phenoxy) is 1. The van der Waals surface area contributed by atoms with Crippen molar-refractivity contribution in [3.05, 3.63) is 53.4 Å². The highest BCUT2D eigenvalue weighted by molar-refractivity contribution is 7.89. The molecule has 3 heterocycles. The van der Waals surface area contributed by atoms with Crippen molar-refractivity contribution in [2.45, 2.75) is 62.9 Å². The zero-order valence-electron chi connectivity index (χ0n) is 22.3. The number of methoxy groups -OCH3 is 1. The summed E-state index contributed by atoms with van der Waals surface area (Å²) in [5.41, 5.74) is 1.40. The number of likely N-dealkylation sites (tertiary alicyclic amines) is 1. The Hall–Kier alpha value is -2.27. The van der Waals surface area contributed by atoms with Gasteiger partial charge in [-0.25, -0.2) is 8.42 Å². The van der Waals surface area contributed by atoms with Crippen molar-refractivity contribution in [2.75, 3.05) is 45.6 Å². The van der Waals surface area contributed by atoms with E-state index in [1.54, 1.807) is 17.5 Å². The molecule has 1 aliphatic carbocycles. The lowest BCUT2D eigenvalue weighted by Crippen LogP contribution is -2.53. The van der Waals surface area contributed by atoms with Crippen LogP contribution in [0, 0.1) is 5.92 Å². The number of sulfonamides is 1. The van der Waals surface area contributed by atoms with Gasteiger partial charge in [-0.3, -0.25) is 4.79 Å². The molecule has 3 fully saturated rings. The molecule has 1 amide bonds. The van der Waals surface area contributed by atoms with Crippen LogP contribution in [-0.4, -0.2) is 86.4 Å². The molecule has 208 valence electrons. The molecule has 3 aliphatic rings. The summed E-state index contributed by atoms with van der Waals surface area (Å²) >= 11 is 0. The minimum absolute atomic E-state index is 0.118. The molecule has 38 heavy (non-hydrogen) atoms. The molecule has 0 spiro atoms. The molecular weight excluding hydrogens is 504 g/mol. The molecule has 2 saturated heterocycles. The van der Waals surface area contributed by atoms with E-state index in [0.717, 1.165) is 56.6 Å². The monoisotopic (exact) mass is 544 g/mol. The van der Waals surface area contributed by atoms with E-state index >= 15 is 0 Å². The van der Waals surface area contributed by atoms with Crippen LogP contribution in [0.15, 0.2) is 40.9 Å². The predicted molar refractivity (Wildman–Crippen MR) is 144 cm³/mol. The van der Waals surface area contributed by atoms with Gasteiger partial charge in [0.25, 0.3) is 5.91 Å². The van der Waals surface area contributed by atoms with E-state index in [9.17, 15) is 13.2 Å². The average Bonchev–Trinajstić information content (AvgIpc) is 3.64. The third kappa shape index (κ3) is 7.02. The molecule has 10 heteroatoms. The minimum atomic E-state index is -3.44. The number of carbonyl (C=O) groups excluding carboxylic acids is 1. The largest absolute Gasteiger partial charge is 0.383 e. The SMILES string of the molecule is COCCN1CCC(CS(=O)(=O)N2CC[C@H](NC(=O)c3cc(C4CC4)on3)C[C@@H]2Cc2ccccc2)CC1. The Balaban J connectivity index is 1.23. The van der Waals surface area contributed by atoms with Crippen LogP contribution in [0.2, 0.25) is 0 Å². The summed E-state index contributed by atoms with van der Waals surface area (Å²) in [6.45, 7) is 3.83. The van der Waals surface area contributed by atoms with E-state index in [2.05, 4.69) is 15.4 Å². The highest BCUT2D eigenvalue weighted by Gasteiger charge is 2.38. The average molecular weight is 545 g/mol. The molecule has 1 aromatic carbocycles. The second-order valence-electron chi connectivity index (χ2n) is 11.1. The summed E-state index contributed by atoms with van der Waals surface area (Å²) < 4.78 is 39.7. The van der Waals surface area contributed by atoms with Crippen LogP contribution >= 0.6 is 0 Å². The highest BCUT2D eigenvalue weighted by Crippen LogP contribution is 2.40. The van der Waals surface area contributed by atoms with Gasteiger partial charge in [-0.1, -0.05) is 35.5 Å². The standard InChI is InChI=1S/C28H40N4O5S/c1-36-16-15-31-12-9-22(10-13-31)20-38(34,35)32-14-11-24(18-25(32)17-21-5-3-2-4-6-21)29-28(33)26-19-27(37-30-26)23-7-8-23/h2-6,19,22-25H,7-18,20H2,1H3,(H,29,33)/t24-,25-/m0/s1. The highest BCUT2D eigenvalue weighted by atomic mass is 32.2. The summed E-state index contributed by atoms with van der Waals surface area (Å²) in [6.07, 6.45) is 5.71. The lowest BCUT2D eigenvalue weighted by molar-refractivity contribution is 0.0901. The summed E-state index contributed by atoms with van der Waals surface area (Å²) in [5.74, 6) is 1.28. The van der Waals surface area contributed by atoms with Gasteiger partial charge in [0.15, 0.2) is 5.69 Å². The fraction of sp³-hybridized carbons (Fsp3) is 0.643. The molecule has 5 rings (SSSR count). The molecule has 2 atom stereocenters. The van der Waals surface area contributed by atoms with Crippen molar-refractivity contribution in [1.29, 1.82) is 0 Å². The molecule has 0 unspecified atom stereocenters. The number of rotatable bonds is 11. The molecule has 1 aromatic heterocycles. The molecular formula is C28H40N4O5S. The lowest BCUT2D eigenvalue weighted by atomic mass is 9.94. The Morgan fingerprint density at radius 2 is 1.87 bits per heavy atom. The van der Waals surface area contributed by atoms with Crippen molar-refractivity contribution < 1.29 is 22.5 Å². The number of hydrogen-bond acceptors (Lipinski definition) is 7. The first-order chi connectivity index (χ1) is 18.4. The Morgan fingerprint density at radius 1 is 1.11 bits per heavy atom. The van der Waals surface area contributed by atoms with Gasteiger partial charge in [-0.15, -0.1) is 0 Å². The van der Waals surface area contributed by atoms with E-state index in [0.29, 0.717) is 44.0 Å². The van der Waals surface area contributed by atoms with E-state index in [1.807, 2.05) is 30.3 Å². The molecule has 0 radical (unpaired) electrons. The molecule has 2 aliphatic heterocycles. The lowest BCUT2D eigenvalue weighted by Gasteiger charge is -2.40. The molecule has 9 nitrogen and oxygen atoms in total. The van der Waals surface area contributed by atoms with Crippen molar-refractivity contribution in [3.63, 3.8) is 0 Å². The first-order valence-corrected chi connectivity index (χ1v) is 15.5. The summed E-state index contributed by atoms with van der Waals surface area (Å²) in [4.78, 5) is 15.2. The van der Waals surface area contributed by atoms with Crippen LogP contribution < -0.4 is 5.32 Å². The maximum Gasteiger partial charge on any atom is 0.273 e. The molecule has 1 saturated carbocycles. The molecule has 1 N–H and O–H groups in total. The third-order valence-electron chi connectivity index (χ3n) is 8.17. The number of carbonyl (C=O) groups is 1. The number of amides is 1. The van der Waals surface area contributed by atoms with Gasteiger partial charge in [-0.05, 0) is 69.5 Å². The fourth-order valence-electron chi connectivity index (χ4n) is 5.80. The van der Waals surface area contributed by atoms with Crippen molar-refractivity contribution in [1.82, 2.24) is 19.7 Å². The van der Waals surface area contributed by atoms with Gasteiger partial charge in [0.2, 0.25) is 10.0 Å². The topological polar surface area (TPSA) is 105 Å². The normalized spacial score (nSPS) is 23.9. The first kappa shape index (κ1) is 27.3. The summed E-state index contributed by atoms with van der Waals surface area (Å²) in [6, 6.07) is 11.4. The zero-order chi connectivity index (χ0) is 26.5. The maximum atomic E-state index is 13.7. The number of piperidine rings is 2. The van der Waals surface area contributed by atoms with E-state index in [-0.39, 0.29) is 29.7 Å². The van der Waals surface area contributed by atoms with Crippen molar-refractivity contribution in [3.8, 4) is 0 Å². The zero-order valence-corrected chi connectivity index (χ0v) is 23.1. The predicted octanol–water partition coefficient (Wildman–Crippen LogP) is 3.05. The number of benzene rings is 1. The Labute approximate surface area is 225 Å². The van der Waals surface area contributed by atoms with Crippen LogP contribution in [0.1, 0.15) is 66.3 Å². The maximum absolute atomic E-state index is 13.7. The molecule has 2 aromatic rings. The van der Waals surface area contributed by atoms with Gasteiger partial charge < -0.3 is 19.5 Å². The number of aromatic nitrogens is 1. The van der Waals surface area contributed by atoms with Crippen molar-refractivity contribution in [2.24, 2.45) is 5.92 Å². The summed E-state index contributed by atoms with van der Waals surface area (Å²) in [5, 5.41) is 7.07. The van der Waals surface area contributed by atoms with Crippen LogP contribution in [0.25, 0.3) is 0 Å². The van der Waals surface area contributed by atoms with Gasteiger partial charge >= 0.3 is 0 Å². The third-order valence-corrected chi connectivity index (χ3v) is 10.3. The quantitative estimate of drug-likeness (QED) is 0.464. The Morgan fingerprint density at radius 3 is 2.58 bits per heavy atom. The Bertz CT molecular complexity index is 1160.